The SMILES string of the molecule is N#CCCN(CC(=O)C1CC1)c1ccccc1. The molecule has 0 aromatic heterocycles. The number of hydrogen-bond donors (Lipinski definition) is 0. The van der Waals surface area contributed by atoms with Crippen LogP contribution in [0.4, 0.5) is 5.69 Å². The molecule has 1 aromatic carbocycles. The summed E-state index contributed by atoms with van der Waals surface area (Å²) < 4.78 is 0. The number of anilines is 1. The lowest BCUT2D eigenvalue weighted by molar-refractivity contribution is -0.118. The van der Waals surface area contributed by atoms with Crippen molar-refractivity contribution in [1.82, 2.24) is 0 Å². The minimum absolute atomic E-state index is 0.281. The number of Topliss-reactive ketones (excluding diaryl/α,β-unsaturated/α-hetero) is 1. The van der Waals surface area contributed by atoms with Crippen LogP contribution in [0.15, 0.2) is 30.3 Å². The normalized spacial score (nSPS) is 14.1. The summed E-state index contributed by atoms with van der Waals surface area (Å²) in [6, 6.07) is 12.0. The Kier molecular flexibility index (Phi) is 3.77. The first kappa shape index (κ1) is 11.7. The van der Waals surface area contributed by atoms with Gasteiger partial charge in [-0.05, 0) is 25.0 Å². The topological polar surface area (TPSA) is 44.1 Å². The highest BCUT2D eigenvalue weighted by Gasteiger charge is 2.30. The Morgan fingerprint density at radius 3 is 2.65 bits per heavy atom. The molecule has 0 heterocycles. The number of rotatable bonds is 6. The molecular formula is C14H16N2O. The molecule has 1 aromatic rings. The summed E-state index contributed by atoms with van der Waals surface area (Å²) in [6.45, 7) is 1.06. The van der Waals surface area contributed by atoms with Crippen molar-refractivity contribution in [3.05, 3.63) is 30.3 Å². The van der Waals surface area contributed by atoms with Crippen LogP contribution in [0.5, 0.6) is 0 Å². The van der Waals surface area contributed by atoms with E-state index >= 15 is 0 Å². The first-order chi connectivity index (χ1) is 8.31. The lowest BCUT2D eigenvalue weighted by Gasteiger charge is -2.22. The van der Waals surface area contributed by atoms with Crippen molar-refractivity contribution in [1.29, 1.82) is 5.26 Å². The highest BCUT2D eigenvalue weighted by Crippen LogP contribution is 2.30. The molecule has 0 bridgehead atoms. The lowest BCUT2D eigenvalue weighted by atomic mass is 10.2. The van der Waals surface area contributed by atoms with Crippen molar-refractivity contribution < 1.29 is 4.79 Å². The van der Waals surface area contributed by atoms with Gasteiger partial charge in [-0.3, -0.25) is 4.79 Å². The number of nitriles is 1. The molecule has 0 atom stereocenters. The standard InChI is InChI=1S/C14H16N2O/c15-9-4-10-16(11-14(17)12-7-8-12)13-5-2-1-3-6-13/h1-3,5-6,12H,4,7-8,10-11H2. The van der Waals surface area contributed by atoms with Gasteiger partial charge in [0.15, 0.2) is 5.78 Å². The molecule has 88 valence electrons. The van der Waals surface area contributed by atoms with E-state index in [1.165, 1.54) is 0 Å². The third kappa shape index (κ3) is 3.32. The van der Waals surface area contributed by atoms with Crippen molar-refractivity contribution in [2.75, 3.05) is 18.0 Å². The van der Waals surface area contributed by atoms with Gasteiger partial charge in [0.2, 0.25) is 0 Å². The predicted octanol–water partition coefficient (Wildman–Crippen LogP) is 2.39. The van der Waals surface area contributed by atoms with Gasteiger partial charge in [0, 0.05) is 18.2 Å². The molecule has 1 saturated carbocycles. The summed E-state index contributed by atoms with van der Waals surface area (Å²) in [5, 5.41) is 8.66. The summed E-state index contributed by atoms with van der Waals surface area (Å²) >= 11 is 0. The van der Waals surface area contributed by atoms with Gasteiger partial charge in [0.1, 0.15) is 0 Å². The number of ketones is 1. The molecule has 0 saturated heterocycles. The van der Waals surface area contributed by atoms with Crippen LogP contribution in [0, 0.1) is 17.2 Å². The molecule has 1 aliphatic rings. The van der Waals surface area contributed by atoms with E-state index in [1.54, 1.807) is 0 Å². The third-order valence-corrected chi connectivity index (χ3v) is 2.99. The second kappa shape index (κ2) is 5.49. The minimum Gasteiger partial charge on any atom is -0.363 e. The number of para-hydroxylation sites is 1. The van der Waals surface area contributed by atoms with Gasteiger partial charge in [-0.1, -0.05) is 18.2 Å². The van der Waals surface area contributed by atoms with Crippen LogP contribution in [-0.4, -0.2) is 18.9 Å². The van der Waals surface area contributed by atoms with Crippen LogP contribution in [0.3, 0.4) is 0 Å². The van der Waals surface area contributed by atoms with E-state index in [9.17, 15) is 4.79 Å². The number of hydrogen-bond acceptors (Lipinski definition) is 3. The largest absolute Gasteiger partial charge is 0.363 e. The maximum atomic E-state index is 11.8. The summed E-state index contributed by atoms with van der Waals surface area (Å²) in [5.41, 5.74) is 1.02. The molecule has 0 N–H and O–H groups in total. The maximum absolute atomic E-state index is 11.8. The molecule has 3 nitrogen and oxygen atoms in total. The van der Waals surface area contributed by atoms with E-state index in [0.29, 0.717) is 25.3 Å². The second-order valence-electron chi connectivity index (χ2n) is 4.41. The van der Waals surface area contributed by atoms with Crippen molar-refractivity contribution in [3.8, 4) is 6.07 Å². The van der Waals surface area contributed by atoms with Crippen molar-refractivity contribution in [2.24, 2.45) is 5.92 Å². The van der Waals surface area contributed by atoms with Crippen molar-refractivity contribution >= 4 is 11.5 Å². The fourth-order valence-electron chi connectivity index (χ4n) is 1.85. The van der Waals surface area contributed by atoms with E-state index in [-0.39, 0.29) is 5.92 Å². The molecule has 1 aliphatic carbocycles. The fourth-order valence-corrected chi connectivity index (χ4v) is 1.85. The third-order valence-electron chi connectivity index (χ3n) is 2.99. The number of benzene rings is 1. The summed E-state index contributed by atoms with van der Waals surface area (Å²) in [4.78, 5) is 13.8. The highest BCUT2D eigenvalue weighted by molar-refractivity contribution is 5.87. The molecular weight excluding hydrogens is 212 g/mol. The monoisotopic (exact) mass is 228 g/mol. The molecule has 0 spiro atoms. The van der Waals surface area contributed by atoms with Crippen molar-refractivity contribution in [3.63, 3.8) is 0 Å². The molecule has 0 radical (unpaired) electrons. The van der Waals surface area contributed by atoms with E-state index in [4.69, 9.17) is 5.26 Å². The predicted molar refractivity (Wildman–Crippen MR) is 66.6 cm³/mol. The molecule has 17 heavy (non-hydrogen) atoms. The zero-order valence-corrected chi connectivity index (χ0v) is 9.80. The molecule has 2 rings (SSSR count). The van der Waals surface area contributed by atoms with Gasteiger partial charge >= 0.3 is 0 Å². The Labute approximate surface area is 102 Å². The van der Waals surface area contributed by atoms with Crippen LogP contribution in [0.2, 0.25) is 0 Å². The Balaban J connectivity index is 2.02. The Bertz CT molecular complexity index is 418. The van der Waals surface area contributed by atoms with E-state index in [2.05, 4.69) is 6.07 Å². The molecule has 0 amide bonds. The summed E-state index contributed by atoms with van der Waals surface area (Å²) in [7, 11) is 0. The van der Waals surface area contributed by atoms with Gasteiger partial charge in [-0.2, -0.15) is 5.26 Å². The lowest BCUT2D eigenvalue weighted by Crippen LogP contribution is -2.31. The Morgan fingerprint density at radius 2 is 2.06 bits per heavy atom. The van der Waals surface area contributed by atoms with Crippen LogP contribution >= 0.6 is 0 Å². The van der Waals surface area contributed by atoms with Crippen LogP contribution in [-0.2, 0) is 4.79 Å². The zero-order chi connectivity index (χ0) is 12.1. The minimum atomic E-state index is 0.281. The van der Waals surface area contributed by atoms with Crippen LogP contribution in [0.1, 0.15) is 19.3 Å². The molecule has 1 fully saturated rings. The van der Waals surface area contributed by atoms with Crippen LogP contribution < -0.4 is 4.90 Å². The molecule has 0 unspecified atom stereocenters. The van der Waals surface area contributed by atoms with Gasteiger partial charge in [-0.15, -0.1) is 0 Å². The summed E-state index contributed by atoms with van der Waals surface area (Å²) in [6.07, 6.45) is 2.53. The molecule has 3 heteroatoms. The smallest absolute Gasteiger partial charge is 0.155 e. The average Bonchev–Trinajstić information content (AvgIpc) is 3.19. The van der Waals surface area contributed by atoms with E-state index < -0.39 is 0 Å². The van der Waals surface area contributed by atoms with Crippen molar-refractivity contribution in [2.45, 2.75) is 19.3 Å². The zero-order valence-electron chi connectivity index (χ0n) is 9.80. The Hall–Kier alpha value is -1.82. The van der Waals surface area contributed by atoms with Gasteiger partial charge in [0.25, 0.3) is 0 Å². The number of carbonyl (C=O) groups excluding carboxylic acids is 1. The summed E-state index contributed by atoms with van der Waals surface area (Å²) in [5.74, 6) is 0.593. The fraction of sp³-hybridized carbons (Fsp3) is 0.429. The number of nitrogens with zero attached hydrogens (tertiary/aromatic N) is 2. The highest BCUT2D eigenvalue weighted by atomic mass is 16.1. The van der Waals surface area contributed by atoms with Gasteiger partial charge < -0.3 is 4.90 Å². The average molecular weight is 228 g/mol. The van der Waals surface area contributed by atoms with E-state index in [0.717, 1.165) is 18.5 Å². The van der Waals surface area contributed by atoms with Crippen LogP contribution in [0.25, 0.3) is 0 Å². The first-order valence-corrected chi connectivity index (χ1v) is 6.01. The van der Waals surface area contributed by atoms with Gasteiger partial charge in [0.05, 0.1) is 19.0 Å². The Morgan fingerprint density at radius 1 is 1.35 bits per heavy atom. The second-order valence-corrected chi connectivity index (χ2v) is 4.41. The van der Waals surface area contributed by atoms with Gasteiger partial charge in [-0.25, -0.2) is 0 Å². The maximum Gasteiger partial charge on any atom is 0.155 e. The number of carbonyl (C=O) groups is 1. The first-order valence-electron chi connectivity index (χ1n) is 6.01. The quantitative estimate of drug-likeness (QED) is 0.751. The van der Waals surface area contributed by atoms with E-state index in [1.807, 2.05) is 35.2 Å². The molecule has 0 aliphatic heterocycles.